The van der Waals surface area contributed by atoms with Crippen molar-refractivity contribution < 1.29 is 9.59 Å². The van der Waals surface area contributed by atoms with Gasteiger partial charge < -0.3 is 9.80 Å². The number of fused-ring (bicyclic) bond motifs is 1. The number of aromatic nitrogens is 2. The zero-order valence-electron chi connectivity index (χ0n) is 21.6. The van der Waals surface area contributed by atoms with Crippen molar-refractivity contribution in [3.63, 3.8) is 0 Å². The van der Waals surface area contributed by atoms with Gasteiger partial charge in [0, 0.05) is 51.4 Å². The molecule has 0 spiro atoms. The van der Waals surface area contributed by atoms with Gasteiger partial charge in [-0.2, -0.15) is 4.98 Å². The molecule has 2 aliphatic heterocycles. The van der Waals surface area contributed by atoms with Crippen LogP contribution in [0.5, 0.6) is 0 Å². The molecule has 1 saturated heterocycles. The Hall–Kier alpha value is -2.18. The second kappa shape index (κ2) is 14.3. The summed E-state index contributed by atoms with van der Waals surface area (Å²) in [6.45, 7) is 5.18. The zero-order chi connectivity index (χ0) is 24.2. The van der Waals surface area contributed by atoms with Gasteiger partial charge in [0.25, 0.3) is 0 Å². The van der Waals surface area contributed by atoms with Gasteiger partial charge in [0.15, 0.2) is 0 Å². The van der Waals surface area contributed by atoms with Crippen LogP contribution in [0, 0.1) is 0 Å². The van der Waals surface area contributed by atoms with Crippen LogP contribution in [0.3, 0.4) is 0 Å². The van der Waals surface area contributed by atoms with Gasteiger partial charge >= 0.3 is 0 Å². The lowest BCUT2D eigenvalue weighted by molar-refractivity contribution is -0.131. The van der Waals surface area contributed by atoms with Crippen LogP contribution in [0.2, 0.25) is 0 Å². The Labute approximate surface area is 206 Å². The van der Waals surface area contributed by atoms with Crippen LogP contribution in [0.1, 0.15) is 102 Å². The number of hydrogen-bond acceptors (Lipinski definition) is 5. The fraction of sp³-hybridized carbons (Fsp3) is 0.778. The molecule has 2 amide bonds. The number of likely N-dealkylation sites (N-methyl/N-ethyl adjacent to an activating group) is 1. The van der Waals surface area contributed by atoms with Crippen LogP contribution in [-0.2, 0) is 16.0 Å². The Balaban J connectivity index is 1.21. The van der Waals surface area contributed by atoms with E-state index in [1.807, 2.05) is 4.90 Å². The highest BCUT2D eigenvalue weighted by atomic mass is 16.2. The largest absolute Gasteiger partial charge is 0.339 e. The normalized spacial score (nSPS) is 15.8. The van der Waals surface area contributed by atoms with E-state index in [2.05, 4.69) is 21.8 Å². The first-order valence-corrected chi connectivity index (χ1v) is 13.8. The third-order valence-electron chi connectivity index (χ3n) is 7.27. The monoisotopic (exact) mass is 471 g/mol. The van der Waals surface area contributed by atoms with E-state index in [1.54, 1.807) is 18.1 Å². The van der Waals surface area contributed by atoms with Crippen molar-refractivity contribution in [1.29, 1.82) is 0 Å². The summed E-state index contributed by atoms with van der Waals surface area (Å²) in [6.07, 6.45) is 20.0. The third kappa shape index (κ3) is 7.95. The molecule has 0 saturated carbocycles. The van der Waals surface area contributed by atoms with Gasteiger partial charge in [-0.25, -0.2) is 4.98 Å². The molecular weight excluding hydrogens is 426 g/mol. The molecule has 1 fully saturated rings. The van der Waals surface area contributed by atoms with Crippen LogP contribution >= 0.6 is 0 Å². The summed E-state index contributed by atoms with van der Waals surface area (Å²) in [6, 6.07) is 0. The van der Waals surface area contributed by atoms with Crippen LogP contribution < -0.4 is 9.80 Å². The molecule has 0 N–H and O–H groups in total. The lowest BCUT2D eigenvalue weighted by Crippen LogP contribution is -2.49. The number of amides is 2. The average molecular weight is 472 g/mol. The summed E-state index contributed by atoms with van der Waals surface area (Å²) < 4.78 is 0. The fourth-order valence-corrected chi connectivity index (χ4v) is 4.96. The molecule has 1 aromatic rings. The maximum Gasteiger partial charge on any atom is 0.232 e. The first kappa shape index (κ1) is 26.4. The number of unbranched alkanes of at least 4 members (excludes halogenated alkanes) is 12. The highest BCUT2D eigenvalue weighted by Gasteiger charge is 2.28. The summed E-state index contributed by atoms with van der Waals surface area (Å²) in [4.78, 5) is 39.3. The van der Waals surface area contributed by atoms with Crippen molar-refractivity contribution in [1.82, 2.24) is 14.9 Å². The van der Waals surface area contributed by atoms with E-state index in [0.717, 1.165) is 37.3 Å². The van der Waals surface area contributed by atoms with Gasteiger partial charge in [0.1, 0.15) is 5.82 Å². The van der Waals surface area contributed by atoms with Crippen molar-refractivity contribution in [2.45, 2.75) is 103 Å². The average Bonchev–Trinajstić information content (AvgIpc) is 3.14. The molecule has 7 heteroatoms. The summed E-state index contributed by atoms with van der Waals surface area (Å²) in [5.74, 6) is 1.72. The minimum Gasteiger partial charge on any atom is -0.339 e. The first-order chi connectivity index (χ1) is 16.6. The van der Waals surface area contributed by atoms with Gasteiger partial charge in [-0.05, 0) is 6.42 Å². The number of piperazine rings is 1. The van der Waals surface area contributed by atoms with Crippen molar-refractivity contribution >= 4 is 23.6 Å². The van der Waals surface area contributed by atoms with Gasteiger partial charge in [-0.1, -0.05) is 84.0 Å². The number of carbonyl (C=O) groups is 2. The summed E-state index contributed by atoms with van der Waals surface area (Å²) in [7, 11) is 1.76. The molecule has 7 nitrogen and oxygen atoms in total. The molecule has 2 aliphatic rings. The standard InChI is InChI=1S/C27H45N5O2/c1-3-4-5-6-7-8-9-10-11-12-13-14-15-16-24(33)31-17-19-32(20-18-31)27-28-22-23-21-25(34)30(2)26(23)29-27/h22H,3-21H2,1-2H3. The second-order valence-electron chi connectivity index (χ2n) is 10.0. The number of hydrogen-bond donors (Lipinski definition) is 0. The van der Waals surface area contributed by atoms with E-state index in [9.17, 15) is 9.59 Å². The molecule has 3 rings (SSSR count). The number of rotatable bonds is 15. The third-order valence-corrected chi connectivity index (χ3v) is 7.27. The van der Waals surface area contributed by atoms with E-state index in [1.165, 1.54) is 70.6 Å². The molecule has 34 heavy (non-hydrogen) atoms. The van der Waals surface area contributed by atoms with E-state index in [0.29, 0.717) is 31.9 Å². The van der Waals surface area contributed by atoms with Crippen molar-refractivity contribution in [2.75, 3.05) is 43.0 Å². The molecular formula is C27H45N5O2. The Bertz CT molecular complexity index is 776. The molecule has 190 valence electrons. The summed E-state index contributed by atoms with van der Waals surface area (Å²) in [5, 5.41) is 0. The lowest BCUT2D eigenvalue weighted by Gasteiger charge is -2.35. The van der Waals surface area contributed by atoms with E-state index in [-0.39, 0.29) is 11.8 Å². The minimum absolute atomic E-state index is 0.0602. The van der Waals surface area contributed by atoms with Crippen molar-refractivity contribution in [3.8, 4) is 0 Å². The molecule has 0 aromatic carbocycles. The molecule has 0 radical (unpaired) electrons. The Morgan fingerprint density at radius 2 is 1.41 bits per heavy atom. The molecule has 0 bridgehead atoms. The smallest absolute Gasteiger partial charge is 0.232 e. The minimum atomic E-state index is 0.0602. The molecule has 3 heterocycles. The number of carbonyl (C=O) groups excluding carboxylic acids is 2. The predicted octanol–water partition coefficient (Wildman–Crippen LogP) is 5.13. The quantitative estimate of drug-likeness (QED) is 0.332. The van der Waals surface area contributed by atoms with Gasteiger partial charge in [-0.3, -0.25) is 14.5 Å². The van der Waals surface area contributed by atoms with Gasteiger partial charge in [0.05, 0.1) is 6.42 Å². The fourth-order valence-electron chi connectivity index (χ4n) is 4.96. The second-order valence-corrected chi connectivity index (χ2v) is 10.0. The number of anilines is 2. The maximum atomic E-state index is 12.6. The van der Waals surface area contributed by atoms with Crippen LogP contribution in [-0.4, -0.2) is 59.9 Å². The molecule has 0 atom stereocenters. The Morgan fingerprint density at radius 3 is 2.00 bits per heavy atom. The highest BCUT2D eigenvalue weighted by Crippen LogP contribution is 2.26. The highest BCUT2D eigenvalue weighted by molar-refractivity contribution is 5.99. The van der Waals surface area contributed by atoms with Crippen LogP contribution in [0.15, 0.2) is 6.20 Å². The SMILES string of the molecule is CCCCCCCCCCCCCCCC(=O)N1CCN(c2ncc3c(n2)N(C)C(=O)C3)CC1. The van der Waals surface area contributed by atoms with E-state index >= 15 is 0 Å². The van der Waals surface area contributed by atoms with E-state index in [4.69, 9.17) is 0 Å². The zero-order valence-corrected chi connectivity index (χ0v) is 21.6. The summed E-state index contributed by atoms with van der Waals surface area (Å²) >= 11 is 0. The Kier molecular flexibility index (Phi) is 11.1. The number of nitrogens with zero attached hydrogens (tertiary/aromatic N) is 5. The predicted molar refractivity (Wildman–Crippen MR) is 138 cm³/mol. The van der Waals surface area contributed by atoms with Crippen LogP contribution in [0.25, 0.3) is 0 Å². The lowest BCUT2D eigenvalue weighted by atomic mass is 10.0. The summed E-state index contributed by atoms with van der Waals surface area (Å²) in [5.41, 5.74) is 0.892. The topological polar surface area (TPSA) is 69.6 Å². The first-order valence-electron chi connectivity index (χ1n) is 13.8. The van der Waals surface area contributed by atoms with Crippen LogP contribution in [0.4, 0.5) is 11.8 Å². The van der Waals surface area contributed by atoms with E-state index < -0.39 is 0 Å². The molecule has 0 unspecified atom stereocenters. The molecule has 0 aliphatic carbocycles. The van der Waals surface area contributed by atoms with Crippen molar-refractivity contribution in [2.24, 2.45) is 0 Å². The molecule has 1 aromatic heterocycles. The van der Waals surface area contributed by atoms with Gasteiger partial charge in [0.2, 0.25) is 17.8 Å². The van der Waals surface area contributed by atoms with Gasteiger partial charge in [-0.15, -0.1) is 0 Å². The Morgan fingerprint density at radius 1 is 0.853 bits per heavy atom. The maximum absolute atomic E-state index is 12.6. The van der Waals surface area contributed by atoms with Crippen molar-refractivity contribution in [3.05, 3.63) is 11.8 Å².